The number of hydrogen-bond donors (Lipinski definition) is 1. The van der Waals surface area contributed by atoms with Gasteiger partial charge >= 0.3 is 0 Å². The van der Waals surface area contributed by atoms with Crippen molar-refractivity contribution in [2.75, 3.05) is 9.03 Å². The minimum atomic E-state index is -0.193. The van der Waals surface area contributed by atoms with Crippen LogP contribution in [0.15, 0.2) is 48.5 Å². The van der Waals surface area contributed by atoms with Crippen LogP contribution in [0.3, 0.4) is 0 Å². The van der Waals surface area contributed by atoms with Crippen molar-refractivity contribution in [1.82, 2.24) is 0 Å². The lowest BCUT2D eigenvalue weighted by Crippen LogP contribution is -2.22. The van der Waals surface area contributed by atoms with Crippen molar-refractivity contribution in [3.63, 3.8) is 0 Å². The summed E-state index contributed by atoms with van der Waals surface area (Å²) in [5, 5.41) is 0. The Balaban J connectivity index is 1.92. The molecule has 1 aliphatic heterocycles. The zero-order valence-electron chi connectivity index (χ0n) is 9.06. The van der Waals surface area contributed by atoms with Gasteiger partial charge < -0.3 is 4.72 Å². The van der Waals surface area contributed by atoms with Crippen molar-refractivity contribution in [3.05, 3.63) is 59.9 Å². The highest BCUT2D eigenvalue weighted by Gasteiger charge is 2.18. The van der Waals surface area contributed by atoms with Gasteiger partial charge in [0.05, 0.1) is 30.1 Å². The maximum atomic E-state index is 13.7. The number of fused-ring (bicyclic) bond motifs is 1. The Morgan fingerprint density at radius 3 is 2.71 bits per heavy atom. The van der Waals surface area contributed by atoms with Crippen LogP contribution < -0.4 is 9.03 Å². The molecule has 0 amide bonds. The van der Waals surface area contributed by atoms with Crippen LogP contribution in [-0.2, 0) is 6.54 Å². The van der Waals surface area contributed by atoms with Crippen LogP contribution in [0.25, 0.3) is 0 Å². The maximum Gasteiger partial charge on any atom is 0.147 e. The van der Waals surface area contributed by atoms with Gasteiger partial charge in [-0.2, -0.15) is 0 Å². The lowest BCUT2D eigenvalue weighted by Gasteiger charge is -2.29. The number of halogens is 1. The molecule has 2 aromatic rings. The molecule has 1 aliphatic rings. The molecule has 0 aromatic heterocycles. The highest BCUT2D eigenvalue weighted by atomic mass is 32.2. The molecule has 0 bridgehead atoms. The van der Waals surface area contributed by atoms with Gasteiger partial charge in [0.2, 0.25) is 0 Å². The van der Waals surface area contributed by atoms with Gasteiger partial charge in [-0.3, -0.25) is 4.31 Å². The van der Waals surface area contributed by atoms with E-state index in [0.717, 1.165) is 5.69 Å². The summed E-state index contributed by atoms with van der Waals surface area (Å²) in [5.74, 6) is -0.193. The van der Waals surface area contributed by atoms with E-state index in [1.54, 1.807) is 12.1 Å². The standard InChI is InChI=1S/C13H11FN2S/c14-11-6-2-4-8-13(11)16-9-10-5-1-3-7-12(10)15-17-16/h1-8,15H,9H2. The molecule has 1 heterocycles. The average molecular weight is 246 g/mol. The zero-order valence-corrected chi connectivity index (χ0v) is 9.88. The minimum absolute atomic E-state index is 0.193. The van der Waals surface area contributed by atoms with Crippen molar-refractivity contribution < 1.29 is 4.39 Å². The molecule has 4 heteroatoms. The molecule has 0 unspecified atom stereocenters. The second-order valence-electron chi connectivity index (χ2n) is 3.84. The molecule has 86 valence electrons. The van der Waals surface area contributed by atoms with Crippen LogP contribution in [0.4, 0.5) is 15.8 Å². The largest absolute Gasteiger partial charge is 0.312 e. The lowest BCUT2D eigenvalue weighted by atomic mass is 10.2. The van der Waals surface area contributed by atoms with E-state index in [2.05, 4.69) is 10.8 Å². The monoisotopic (exact) mass is 246 g/mol. The molecule has 3 rings (SSSR count). The van der Waals surface area contributed by atoms with Gasteiger partial charge in [-0.15, -0.1) is 0 Å². The summed E-state index contributed by atoms with van der Waals surface area (Å²) >= 11 is 1.42. The average Bonchev–Trinajstić information content (AvgIpc) is 2.39. The third-order valence-electron chi connectivity index (χ3n) is 2.72. The second kappa shape index (κ2) is 4.30. The molecule has 0 saturated heterocycles. The predicted molar refractivity (Wildman–Crippen MR) is 70.2 cm³/mol. The molecule has 0 radical (unpaired) electrons. The minimum Gasteiger partial charge on any atom is -0.312 e. The van der Waals surface area contributed by atoms with Gasteiger partial charge in [-0.25, -0.2) is 4.39 Å². The van der Waals surface area contributed by atoms with Crippen LogP contribution in [0.2, 0.25) is 0 Å². The number of anilines is 2. The fraction of sp³-hybridized carbons (Fsp3) is 0.0769. The van der Waals surface area contributed by atoms with Crippen molar-refractivity contribution in [3.8, 4) is 0 Å². The summed E-state index contributed by atoms with van der Waals surface area (Å²) in [6.45, 7) is 0.703. The number of hydrogen-bond acceptors (Lipinski definition) is 3. The quantitative estimate of drug-likeness (QED) is 0.770. The van der Waals surface area contributed by atoms with Crippen LogP contribution in [0, 0.1) is 5.82 Å². The first-order valence-electron chi connectivity index (χ1n) is 5.37. The number of rotatable bonds is 1. The van der Waals surface area contributed by atoms with Gasteiger partial charge in [-0.05, 0) is 23.8 Å². The van der Waals surface area contributed by atoms with E-state index in [1.807, 2.05) is 28.6 Å². The van der Waals surface area contributed by atoms with E-state index >= 15 is 0 Å². The second-order valence-corrected chi connectivity index (χ2v) is 4.67. The molecule has 0 spiro atoms. The summed E-state index contributed by atoms with van der Waals surface area (Å²) < 4.78 is 18.8. The summed E-state index contributed by atoms with van der Waals surface area (Å²) in [6.07, 6.45) is 0. The van der Waals surface area contributed by atoms with Gasteiger partial charge in [0.1, 0.15) is 5.82 Å². The predicted octanol–water partition coefficient (Wildman–Crippen LogP) is 3.82. The number of benzene rings is 2. The summed E-state index contributed by atoms with van der Waals surface area (Å²) in [6, 6.07) is 14.9. The van der Waals surface area contributed by atoms with E-state index < -0.39 is 0 Å². The van der Waals surface area contributed by atoms with Crippen LogP contribution >= 0.6 is 12.1 Å². The fourth-order valence-electron chi connectivity index (χ4n) is 1.84. The molecule has 0 atom stereocenters. The van der Waals surface area contributed by atoms with Crippen molar-refractivity contribution in [1.29, 1.82) is 0 Å². The smallest absolute Gasteiger partial charge is 0.147 e. The van der Waals surface area contributed by atoms with Gasteiger partial charge in [0.15, 0.2) is 0 Å². The molecule has 2 nitrogen and oxygen atoms in total. The molecular weight excluding hydrogens is 235 g/mol. The first-order chi connectivity index (χ1) is 8.34. The summed E-state index contributed by atoms with van der Waals surface area (Å²) in [7, 11) is 0. The fourth-order valence-corrected chi connectivity index (χ4v) is 2.70. The maximum absolute atomic E-state index is 13.7. The molecule has 0 aliphatic carbocycles. The van der Waals surface area contributed by atoms with Crippen molar-refractivity contribution in [2.45, 2.75) is 6.54 Å². The first-order valence-corrected chi connectivity index (χ1v) is 6.15. The topological polar surface area (TPSA) is 15.3 Å². The molecule has 17 heavy (non-hydrogen) atoms. The van der Waals surface area contributed by atoms with Crippen LogP contribution in [-0.4, -0.2) is 0 Å². The van der Waals surface area contributed by atoms with E-state index in [9.17, 15) is 4.39 Å². The van der Waals surface area contributed by atoms with E-state index in [1.165, 1.54) is 23.8 Å². The Kier molecular flexibility index (Phi) is 2.65. The molecule has 0 saturated carbocycles. The van der Waals surface area contributed by atoms with Gasteiger partial charge in [0.25, 0.3) is 0 Å². The molecular formula is C13H11FN2S. The lowest BCUT2D eigenvalue weighted by molar-refractivity contribution is 0.627. The highest BCUT2D eigenvalue weighted by Crippen LogP contribution is 2.34. The molecule has 0 fully saturated rings. The van der Waals surface area contributed by atoms with Crippen LogP contribution in [0.1, 0.15) is 5.56 Å². The first kappa shape index (κ1) is 10.5. The van der Waals surface area contributed by atoms with Crippen molar-refractivity contribution in [2.24, 2.45) is 0 Å². The summed E-state index contributed by atoms with van der Waals surface area (Å²) in [5.41, 5.74) is 2.89. The molecule has 2 aromatic carbocycles. The van der Waals surface area contributed by atoms with Gasteiger partial charge in [0, 0.05) is 0 Å². The van der Waals surface area contributed by atoms with E-state index in [4.69, 9.17) is 0 Å². The van der Waals surface area contributed by atoms with Crippen LogP contribution in [0.5, 0.6) is 0 Å². The van der Waals surface area contributed by atoms with E-state index in [-0.39, 0.29) is 5.82 Å². The van der Waals surface area contributed by atoms with Crippen molar-refractivity contribution >= 4 is 23.5 Å². The Morgan fingerprint density at radius 2 is 1.82 bits per heavy atom. The number of nitrogens with zero attached hydrogens (tertiary/aromatic N) is 1. The Morgan fingerprint density at radius 1 is 1.06 bits per heavy atom. The van der Waals surface area contributed by atoms with Gasteiger partial charge in [-0.1, -0.05) is 30.3 Å². The highest BCUT2D eigenvalue weighted by molar-refractivity contribution is 8.01. The molecule has 1 N–H and O–H groups in total. The zero-order chi connectivity index (χ0) is 11.7. The Hall–Kier alpha value is -1.68. The number of para-hydroxylation sites is 2. The third-order valence-corrected chi connectivity index (χ3v) is 3.58. The SMILES string of the molecule is Fc1ccccc1N1Cc2ccccc2NS1. The number of nitrogens with one attached hydrogen (secondary N) is 1. The normalized spacial score (nSPS) is 14.1. The Labute approximate surface area is 104 Å². The Bertz CT molecular complexity index is 544. The third kappa shape index (κ3) is 1.96. The van der Waals surface area contributed by atoms with E-state index in [0.29, 0.717) is 12.2 Å². The summed E-state index contributed by atoms with van der Waals surface area (Å²) in [4.78, 5) is 0.